The van der Waals surface area contributed by atoms with Crippen LogP contribution in [0.5, 0.6) is 5.75 Å². The van der Waals surface area contributed by atoms with Crippen LogP contribution in [0.2, 0.25) is 0 Å². The maximum atomic E-state index is 13.0. The molecule has 0 saturated carbocycles. The summed E-state index contributed by atoms with van der Waals surface area (Å²) in [6, 6.07) is 14.3. The summed E-state index contributed by atoms with van der Waals surface area (Å²) in [5, 5.41) is 15.6. The normalized spacial score (nSPS) is 10.4. The molecule has 2 aromatic carbocycles. The highest BCUT2D eigenvalue weighted by Gasteiger charge is 2.05. The van der Waals surface area contributed by atoms with Crippen LogP contribution in [0.4, 0.5) is 4.39 Å². The molecule has 0 radical (unpaired) electrons. The second-order valence-corrected chi connectivity index (χ2v) is 6.70. The minimum Gasteiger partial charge on any atom is -0.489 e. The molecular weight excluding hydrogens is 389 g/mol. The average Bonchev–Trinajstić information content (AvgIpc) is 3.07. The lowest BCUT2D eigenvalue weighted by Crippen LogP contribution is -2.17. The molecule has 9 heteroatoms. The molecule has 0 bridgehead atoms. The van der Waals surface area contributed by atoms with E-state index >= 15 is 0 Å². The van der Waals surface area contributed by atoms with Crippen molar-refractivity contribution in [2.75, 3.05) is 12.3 Å². The molecule has 0 amide bonds. The van der Waals surface area contributed by atoms with Gasteiger partial charge < -0.3 is 10.1 Å². The topological polar surface area (TPSA) is 64.9 Å². The summed E-state index contributed by atoms with van der Waals surface area (Å²) >= 11 is 1.60. The fraction of sp³-hybridized carbons (Fsp3) is 0.278. The predicted octanol–water partition coefficient (Wildman–Crippen LogP) is 3.23. The Morgan fingerprint density at radius 3 is 2.67 bits per heavy atom. The van der Waals surface area contributed by atoms with Gasteiger partial charge in [-0.05, 0) is 34.2 Å². The molecule has 3 aromatic rings. The molecule has 0 aliphatic rings. The van der Waals surface area contributed by atoms with Crippen molar-refractivity contribution in [2.24, 2.45) is 7.05 Å². The maximum absolute atomic E-state index is 13.0. The van der Waals surface area contributed by atoms with E-state index in [0.29, 0.717) is 13.2 Å². The van der Waals surface area contributed by atoms with Crippen LogP contribution in [0.1, 0.15) is 11.1 Å². The van der Waals surface area contributed by atoms with E-state index < -0.39 is 0 Å². The van der Waals surface area contributed by atoms with Crippen LogP contribution in [-0.4, -0.2) is 32.5 Å². The van der Waals surface area contributed by atoms with Crippen molar-refractivity contribution in [3.8, 4) is 5.75 Å². The van der Waals surface area contributed by atoms with Crippen molar-refractivity contribution in [1.82, 2.24) is 25.5 Å². The molecular formula is C18H21ClFN5OS. The largest absolute Gasteiger partial charge is 0.489 e. The summed E-state index contributed by atoms with van der Waals surface area (Å²) in [6.45, 7) is 1.94. The Labute approximate surface area is 167 Å². The van der Waals surface area contributed by atoms with Gasteiger partial charge >= 0.3 is 0 Å². The highest BCUT2D eigenvalue weighted by Crippen LogP contribution is 2.19. The number of ether oxygens (including phenoxy) is 1. The molecule has 1 aromatic heterocycles. The predicted molar refractivity (Wildman–Crippen MR) is 106 cm³/mol. The molecule has 0 aliphatic carbocycles. The summed E-state index contributed by atoms with van der Waals surface area (Å²) in [5.74, 6) is 1.45. The zero-order valence-corrected chi connectivity index (χ0v) is 16.5. The van der Waals surface area contributed by atoms with Crippen molar-refractivity contribution in [3.63, 3.8) is 0 Å². The second-order valence-electron chi connectivity index (χ2n) is 5.63. The fourth-order valence-electron chi connectivity index (χ4n) is 2.31. The Hall–Kier alpha value is -2.16. The highest BCUT2D eigenvalue weighted by atomic mass is 35.5. The number of tetrazole rings is 1. The number of para-hydroxylation sites is 1. The van der Waals surface area contributed by atoms with Crippen molar-refractivity contribution in [2.45, 2.75) is 18.3 Å². The van der Waals surface area contributed by atoms with Gasteiger partial charge in [0.2, 0.25) is 5.16 Å². The molecule has 27 heavy (non-hydrogen) atoms. The van der Waals surface area contributed by atoms with E-state index in [1.54, 1.807) is 28.6 Å². The summed E-state index contributed by atoms with van der Waals surface area (Å²) in [5.41, 5.74) is 2.02. The Balaban J connectivity index is 0.00000261. The van der Waals surface area contributed by atoms with Crippen LogP contribution in [-0.2, 0) is 20.2 Å². The summed E-state index contributed by atoms with van der Waals surface area (Å²) in [4.78, 5) is 0. The van der Waals surface area contributed by atoms with Crippen LogP contribution < -0.4 is 10.1 Å². The van der Waals surface area contributed by atoms with Gasteiger partial charge in [-0.15, -0.1) is 17.5 Å². The van der Waals surface area contributed by atoms with Crippen LogP contribution in [0.15, 0.2) is 53.7 Å². The Morgan fingerprint density at radius 1 is 1.15 bits per heavy atom. The monoisotopic (exact) mass is 409 g/mol. The number of hydrogen-bond donors (Lipinski definition) is 1. The first-order valence-electron chi connectivity index (χ1n) is 8.23. The fourth-order valence-corrected chi connectivity index (χ4v) is 3.06. The number of aromatic nitrogens is 4. The van der Waals surface area contributed by atoms with Gasteiger partial charge in [0.25, 0.3) is 0 Å². The van der Waals surface area contributed by atoms with Gasteiger partial charge in [-0.1, -0.05) is 42.1 Å². The number of benzene rings is 2. The van der Waals surface area contributed by atoms with Crippen LogP contribution in [0, 0.1) is 5.82 Å². The maximum Gasteiger partial charge on any atom is 0.209 e. The van der Waals surface area contributed by atoms with Crippen molar-refractivity contribution in [3.05, 3.63) is 65.5 Å². The summed E-state index contributed by atoms with van der Waals surface area (Å²) in [7, 11) is 1.82. The smallest absolute Gasteiger partial charge is 0.209 e. The van der Waals surface area contributed by atoms with Crippen molar-refractivity contribution >= 4 is 24.2 Å². The molecule has 0 spiro atoms. The van der Waals surface area contributed by atoms with E-state index in [4.69, 9.17) is 4.74 Å². The van der Waals surface area contributed by atoms with Gasteiger partial charge in [0, 0.05) is 31.5 Å². The van der Waals surface area contributed by atoms with Gasteiger partial charge in [0.1, 0.15) is 18.2 Å². The molecule has 1 heterocycles. The van der Waals surface area contributed by atoms with Crippen LogP contribution in [0.25, 0.3) is 0 Å². The number of halogens is 2. The number of thioether (sulfide) groups is 1. The zero-order valence-electron chi connectivity index (χ0n) is 14.8. The molecule has 144 valence electrons. The van der Waals surface area contributed by atoms with Crippen molar-refractivity contribution in [1.29, 1.82) is 0 Å². The van der Waals surface area contributed by atoms with Gasteiger partial charge in [-0.25, -0.2) is 9.07 Å². The number of rotatable bonds is 9. The molecule has 0 atom stereocenters. The van der Waals surface area contributed by atoms with E-state index in [2.05, 4.69) is 20.8 Å². The molecule has 0 aliphatic heterocycles. The first kappa shape index (κ1) is 21.1. The molecule has 0 fully saturated rings. The molecule has 0 unspecified atom stereocenters. The van der Waals surface area contributed by atoms with Crippen LogP contribution >= 0.6 is 24.2 Å². The summed E-state index contributed by atoms with van der Waals surface area (Å²) < 4.78 is 20.5. The third-order valence-electron chi connectivity index (χ3n) is 3.69. The van der Waals surface area contributed by atoms with Crippen LogP contribution in [0.3, 0.4) is 0 Å². The number of nitrogens with zero attached hydrogens (tertiary/aromatic N) is 4. The molecule has 6 nitrogen and oxygen atoms in total. The standard InChI is InChI=1S/C18H20FN5OS.ClH/c1-24-18(21-22-23-24)26-11-10-20-12-15-4-2-3-5-17(15)25-13-14-6-8-16(19)9-7-14;/h2-9,20H,10-13H2,1H3;1H. The zero-order chi connectivity index (χ0) is 18.2. The lowest BCUT2D eigenvalue weighted by molar-refractivity contribution is 0.302. The number of aryl methyl sites for hydroxylation is 1. The third kappa shape index (κ3) is 6.50. The van der Waals surface area contributed by atoms with E-state index in [0.717, 1.165) is 34.3 Å². The SMILES string of the molecule is Cl.Cn1nnnc1SCCNCc1ccccc1OCc1ccc(F)cc1. The molecule has 1 N–H and O–H groups in total. The minimum absolute atomic E-state index is 0. The van der Waals surface area contributed by atoms with E-state index in [1.165, 1.54) is 12.1 Å². The number of hydrogen-bond acceptors (Lipinski definition) is 6. The lowest BCUT2D eigenvalue weighted by atomic mass is 10.2. The molecule has 0 saturated heterocycles. The third-order valence-corrected chi connectivity index (χ3v) is 4.70. The Kier molecular flexibility index (Phi) is 8.50. The Morgan fingerprint density at radius 2 is 1.93 bits per heavy atom. The molecule has 3 rings (SSSR count). The van der Waals surface area contributed by atoms with Crippen molar-refractivity contribution < 1.29 is 9.13 Å². The van der Waals surface area contributed by atoms with Gasteiger partial charge in [-0.3, -0.25) is 0 Å². The highest BCUT2D eigenvalue weighted by molar-refractivity contribution is 7.99. The average molecular weight is 410 g/mol. The van der Waals surface area contributed by atoms with Gasteiger partial charge in [0.15, 0.2) is 0 Å². The Bertz CT molecular complexity index is 831. The van der Waals surface area contributed by atoms with E-state index in [9.17, 15) is 4.39 Å². The first-order valence-corrected chi connectivity index (χ1v) is 9.22. The minimum atomic E-state index is -0.242. The second kappa shape index (κ2) is 10.9. The number of nitrogens with one attached hydrogen (secondary N) is 1. The lowest BCUT2D eigenvalue weighted by Gasteiger charge is -2.12. The van der Waals surface area contributed by atoms with Gasteiger partial charge in [0.05, 0.1) is 0 Å². The first-order chi connectivity index (χ1) is 12.7. The quantitative estimate of drug-likeness (QED) is 0.432. The van der Waals surface area contributed by atoms with E-state index in [-0.39, 0.29) is 18.2 Å². The van der Waals surface area contributed by atoms with Gasteiger partial charge in [-0.2, -0.15) is 0 Å². The van der Waals surface area contributed by atoms with E-state index in [1.807, 2.05) is 31.3 Å². The summed E-state index contributed by atoms with van der Waals surface area (Å²) in [6.07, 6.45) is 0.